The van der Waals surface area contributed by atoms with Crippen molar-refractivity contribution in [2.75, 3.05) is 5.32 Å². The summed E-state index contributed by atoms with van der Waals surface area (Å²) in [5.41, 5.74) is 4.07. The van der Waals surface area contributed by atoms with Crippen molar-refractivity contribution >= 4 is 11.6 Å². The Kier molecular flexibility index (Phi) is 5.21. The van der Waals surface area contributed by atoms with Crippen LogP contribution in [0.25, 0.3) is 0 Å². The first-order valence-electron chi connectivity index (χ1n) is 7.61. The van der Waals surface area contributed by atoms with Gasteiger partial charge in [-0.2, -0.15) is 0 Å². The molecule has 1 amide bonds. The van der Waals surface area contributed by atoms with Gasteiger partial charge in [0.2, 0.25) is 0 Å². The summed E-state index contributed by atoms with van der Waals surface area (Å²) in [5, 5.41) is 2.92. The average Bonchev–Trinajstić information content (AvgIpc) is 2.48. The molecule has 1 N–H and O–H groups in total. The summed E-state index contributed by atoms with van der Waals surface area (Å²) in [6.45, 7) is 7.95. The van der Waals surface area contributed by atoms with Crippen molar-refractivity contribution in [3.05, 3.63) is 59.2 Å². The highest BCUT2D eigenvalue weighted by Crippen LogP contribution is 2.22. The van der Waals surface area contributed by atoms with E-state index in [2.05, 4.69) is 5.32 Å². The summed E-state index contributed by atoms with van der Waals surface area (Å²) >= 11 is 0. The van der Waals surface area contributed by atoms with Crippen LogP contribution in [0.15, 0.2) is 42.5 Å². The maximum atomic E-state index is 12.4. The van der Waals surface area contributed by atoms with Gasteiger partial charge in [0.05, 0.1) is 0 Å². The SMILES string of the molecule is CC[C@H](Oc1cc(C)ccc1C)C(=O)Nc1cccc(C)c1. The maximum Gasteiger partial charge on any atom is 0.265 e. The zero-order valence-corrected chi connectivity index (χ0v) is 13.6. The summed E-state index contributed by atoms with van der Waals surface area (Å²) in [4.78, 5) is 12.4. The Labute approximate surface area is 132 Å². The fraction of sp³-hybridized carbons (Fsp3) is 0.316. The second-order valence-electron chi connectivity index (χ2n) is 5.64. The molecule has 0 bridgehead atoms. The molecule has 2 rings (SSSR count). The predicted molar refractivity (Wildman–Crippen MR) is 90.4 cm³/mol. The van der Waals surface area contributed by atoms with Crippen molar-refractivity contribution < 1.29 is 9.53 Å². The Morgan fingerprint density at radius 1 is 1.09 bits per heavy atom. The van der Waals surface area contributed by atoms with Gasteiger partial charge in [-0.05, 0) is 62.1 Å². The molecule has 0 saturated heterocycles. The highest BCUT2D eigenvalue weighted by Gasteiger charge is 2.19. The lowest BCUT2D eigenvalue weighted by atomic mass is 10.1. The number of carbonyl (C=O) groups is 1. The van der Waals surface area contributed by atoms with Gasteiger partial charge in [-0.25, -0.2) is 0 Å². The molecule has 3 heteroatoms. The van der Waals surface area contributed by atoms with Crippen molar-refractivity contribution in [3.8, 4) is 5.75 Å². The lowest BCUT2D eigenvalue weighted by molar-refractivity contribution is -0.122. The number of nitrogens with one attached hydrogen (secondary N) is 1. The van der Waals surface area contributed by atoms with E-state index in [1.54, 1.807) is 0 Å². The zero-order valence-electron chi connectivity index (χ0n) is 13.6. The molecule has 0 spiro atoms. The van der Waals surface area contributed by atoms with E-state index >= 15 is 0 Å². The third-order valence-corrected chi connectivity index (χ3v) is 3.56. The Morgan fingerprint density at radius 3 is 2.50 bits per heavy atom. The molecule has 0 aromatic heterocycles. The first-order chi connectivity index (χ1) is 10.5. The summed E-state index contributed by atoms with van der Waals surface area (Å²) in [7, 11) is 0. The van der Waals surface area contributed by atoms with Crippen molar-refractivity contribution in [2.24, 2.45) is 0 Å². The van der Waals surface area contributed by atoms with Gasteiger partial charge >= 0.3 is 0 Å². The van der Waals surface area contributed by atoms with Gasteiger partial charge in [0.1, 0.15) is 5.75 Å². The quantitative estimate of drug-likeness (QED) is 0.888. The fourth-order valence-electron chi connectivity index (χ4n) is 2.26. The molecule has 0 aliphatic heterocycles. The van der Waals surface area contributed by atoms with Gasteiger partial charge in [0.25, 0.3) is 5.91 Å². The van der Waals surface area contributed by atoms with Crippen LogP contribution in [0.3, 0.4) is 0 Å². The van der Waals surface area contributed by atoms with Crippen LogP contribution < -0.4 is 10.1 Å². The Hall–Kier alpha value is -2.29. The summed E-state index contributed by atoms with van der Waals surface area (Å²) < 4.78 is 5.93. The average molecular weight is 297 g/mol. The number of benzene rings is 2. The third kappa shape index (κ3) is 4.10. The molecule has 0 radical (unpaired) electrons. The van der Waals surface area contributed by atoms with Crippen molar-refractivity contribution in [2.45, 2.75) is 40.2 Å². The van der Waals surface area contributed by atoms with Gasteiger partial charge in [0, 0.05) is 5.69 Å². The molecule has 22 heavy (non-hydrogen) atoms. The normalized spacial score (nSPS) is 11.8. The van der Waals surface area contributed by atoms with Crippen molar-refractivity contribution in [1.29, 1.82) is 0 Å². The molecule has 3 nitrogen and oxygen atoms in total. The van der Waals surface area contributed by atoms with Crippen LogP contribution in [0.4, 0.5) is 5.69 Å². The van der Waals surface area contributed by atoms with E-state index < -0.39 is 6.10 Å². The smallest absolute Gasteiger partial charge is 0.265 e. The van der Waals surface area contributed by atoms with Crippen LogP contribution in [0.1, 0.15) is 30.0 Å². The first kappa shape index (κ1) is 16.1. The van der Waals surface area contributed by atoms with Crippen LogP contribution in [0, 0.1) is 20.8 Å². The minimum Gasteiger partial charge on any atom is -0.480 e. The third-order valence-electron chi connectivity index (χ3n) is 3.56. The van der Waals surface area contributed by atoms with Crippen LogP contribution >= 0.6 is 0 Å². The van der Waals surface area contributed by atoms with Crippen LogP contribution in [0.2, 0.25) is 0 Å². The Balaban J connectivity index is 2.10. The van der Waals surface area contributed by atoms with E-state index in [1.165, 1.54) is 0 Å². The van der Waals surface area contributed by atoms with E-state index in [0.29, 0.717) is 6.42 Å². The molecule has 0 aliphatic rings. The molecule has 0 aliphatic carbocycles. The topological polar surface area (TPSA) is 38.3 Å². The number of carbonyl (C=O) groups excluding carboxylic acids is 1. The molecule has 0 unspecified atom stereocenters. The summed E-state index contributed by atoms with van der Waals surface area (Å²) in [6, 6.07) is 13.8. The zero-order chi connectivity index (χ0) is 16.1. The fourth-order valence-corrected chi connectivity index (χ4v) is 2.26. The second-order valence-corrected chi connectivity index (χ2v) is 5.64. The number of rotatable bonds is 5. The first-order valence-corrected chi connectivity index (χ1v) is 7.61. The molecule has 2 aromatic rings. The monoisotopic (exact) mass is 297 g/mol. The molecule has 2 aromatic carbocycles. The number of amides is 1. The molecular formula is C19H23NO2. The van der Waals surface area contributed by atoms with Gasteiger partial charge in [-0.3, -0.25) is 4.79 Å². The lowest BCUT2D eigenvalue weighted by Gasteiger charge is -2.19. The molecule has 116 valence electrons. The minimum absolute atomic E-state index is 0.117. The van der Waals surface area contributed by atoms with Crippen molar-refractivity contribution in [1.82, 2.24) is 0 Å². The van der Waals surface area contributed by atoms with Crippen LogP contribution in [0.5, 0.6) is 5.75 Å². The number of anilines is 1. The maximum absolute atomic E-state index is 12.4. The van der Waals surface area contributed by atoms with Gasteiger partial charge in [-0.1, -0.05) is 31.2 Å². The lowest BCUT2D eigenvalue weighted by Crippen LogP contribution is -2.32. The number of hydrogen-bond acceptors (Lipinski definition) is 2. The van der Waals surface area contributed by atoms with Gasteiger partial charge < -0.3 is 10.1 Å². The molecule has 1 atom stereocenters. The molecular weight excluding hydrogens is 274 g/mol. The van der Waals surface area contributed by atoms with Gasteiger partial charge in [-0.15, -0.1) is 0 Å². The van der Waals surface area contributed by atoms with E-state index in [0.717, 1.165) is 28.1 Å². The van der Waals surface area contributed by atoms with E-state index in [9.17, 15) is 4.79 Å². The Bertz CT molecular complexity index is 664. The Morgan fingerprint density at radius 2 is 1.82 bits per heavy atom. The largest absolute Gasteiger partial charge is 0.480 e. The van der Waals surface area contributed by atoms with E-state index in [1.807, 2.05) is 70.2 Å². The highest BCUT2D eigenvalue weighted by molar-refractivity contribution is 5.94. The standard InChI is InChI=1S/C19H23NO2/c1-5-17(22-18-12-14(3)9-10-15(18)4)19(21)20-16-8-6-7-13(2)11-16/h6-12,17H,5H2,1-4H3,(H,20,21)/t17-/m0/s1. The second kappa shape index (κ2) is 7.12. The number of ether oxygens (including phenoxy) is 1. The number of aryl methyl sites for hydroxylation is 3. The highest BCUT2D eigenvalue weighted by atomic mass is 16.5. The molecule has 0 saturated carbocycles. The predicted octanol–water partition coefficient (Wildman–Crippen LogP) is 4.41. The summed E-state index contributed by atoms with van der Waals surface area (Å²) in [6.07, 6.45) is 0.117. The van der Waals surface area contributed by atoms with Crippen LogP contribution in [-0.2, 0) is 4.79 Å². The molecule has 0 heterocycles. The van der Waals surface area contributed by atoms with Crippen LogP contribution in [-0.4, -0.2) is 12.0 Å². The van der Waals surface area contributed by atoms with E-state index in [-0.39, 0.29) is 5.91 Å². The molecule has 0 fully saturated rings. The number of hydrogen-bond donors (Lipinski definition) is 1. The summed E-state index contributed by atoms with van der Waals surface area (Å²) in [5.74, 6) is 0.653. The van der Waals surface area contributed by atoms with Gasteiger partial charge in [0.15, 0.2) is 6.10 Å². The minimum atomic E-state index is -0.499. The van der Waals surface area contributed by atoms with E-state index in [4.69, 9.17) is 4.74 Å². The van der Waals surface area contributed by atoms with Crippen molar-refractivity contribution in [3.63, 3.8) is 0 Å².